The van der Waals surface area contributed by atoms with Crippen molar-refractivity contribution < 1.29 is 14.3 Å². The van der Waals surface area contributed by atoms with Crippen LogP contribution in [0.4, 0.5) is 10.5 Å². The SMILES string of the molecule is CC.CC.CC(C)(C)OC(=O)N1CCOC(NNc2ccc(C#N)cc2)C1. The maximum absolute atomic E-state index is 12.1. The summed E-state index contributed by atoms with van der Waals surface area (Å²) < 4.78 is 10.9. The van der Waals surface area contributed by atoms with E-state index in [0.29, 0.717) is 25.3 Å². The van der Waals surface area contributed by atoms with Gasteiger partial charge in [-0.25, -0.2) is 10.2 Å². The molecule has 1 heterocycles. The lowest BCUT2D eigenvalue weighted by Crippen LogP contribution is -2.53. The molecule has 7 nitrogen and oxygen atoms in total. The first kappa shape index (κ1) is 24.7. The van der Waals surface area contributed by atoms with Crippen LogP contribution in [0.15, 0.2) is 24.3 Å². The number of nitriles is 1. The molecule has 1 atom stereocenters. The molecule has 1 saturated heterocycles. The van der Waals surface area contributed by atoms with Gasteiger partial charge in [-0.05, 0) is 45.0 Å². The molecule has 27 heavy (non-hydrogen) atoms. The van der Waals surface area contributed by atoms with E-state index in [1.54, 1.807) is 29.2 Å². The van der Waals surface area contributed by atoms with Gasteiger partial charge in [-0.2, -0.15) is 5.26 Å². The first-order valence-electron chi connectivity index (χ1n) is 9.48. The van der Waals surface area contributed by atoms with Crippen molar-refractivity contribution >= 4 is 11.8 Å². The Balaban J connectivity index is 0.00000158. The molecule has 1 aromatic rings. The molecule has 1 aliphatic rings. The summed E-state index contributed by atoms with van der Waals surface area (Å²) in [6, 6.07) is 9.09. The maximum atomic E-state index is 12.1. The van der Waals surface area contributed by atoms with Gasteiger partial charge in [0.05, 0.1) is 24.8 Å². The van der Waals surface area contributed by atoms with E-state index in [4.69, 9.17) is 14.7 Å². The molecule has 0 radical (unpaired) electrons. The van der Waals surface area contributed by atoms with E-state index in [-0.39, 0.29) is 12.3 Å². The number of morpholine rings is 1. The molecule has 7 heteroatoms. The fourth-order valence-corrected chi connectivity index (χ4v) is 2.02. The Labute approximate surface area is 163 Å². The largest absolute Gasteiger partial charge is 0.444 e. The average Bonchev–Trinajstić information content (AvgIpc) is 2.69. The fraction of sp³-hybridized carbons (Fsp3) is 0.600. The predicted octanol–water partition coefficient (Wildman–Crippen LogP) is 4.12. The molecule has 1 aliphatic heterocycles. The molecule has 1 fully saturated rings. The predicted molar refractivity (Wildman–Crippen MR) is 108 cm³/mol. The van der Waals surface area contributed by atoms with Crippen molar-refractivity contribution in [2.24, 2.45) is 0 Å². The minimum Gasteiger partial charge on any atom is -0.444 e. The summed E-state index contributed by atoms with van der Waals surface area (Å²) in [6.07, 6.45) is -0.683. The lowest BCUT2D eigenvalue weighted by atomic mass is 10.2. The highest BCUT2D eigenvalue weighted by Crippen LogP contribution is 2.13. The van der Waals surface area contributed by atoms with Crippen molar-refractivity contribution in [2.45, 2.75) is 60.3 Å². The van der Waals surface area contributed by atoms with E-state index in [1.165, 1.54) is 0 Å². The van der Waals surface area contributed by atoms with Gasteiger partial charge in [-0.3, -0.25) is 0 Å². The molecule has 0 aromatic heterocycles. The second-order valence-electron chi connectivity index (χ2n) is 6.24. The Morgan fingerprint density at radius 1 is 1.22 bits per heavy atom. The van der Waals surface area contributed by atoms with Gasteiger partial charge < -0.3 is 19.8 Å². The second-order valence-corrected chi connectivity index (χ2v) is 6.24. The molecular weight excluding hydrogens is 344 g/mol. The summed E-state index contributed by atoms with van der Waals surface area (Å²) >= 11 is 0. The molecule has 2 N–H and O–H groups in total. The van der Waals surface area contributed by atoms with Gasteiger partial charge in [0, 0.05) is 12.2 Å². The third-order valence-electron chi connectivity index (χ3n) is 3.11. The number of nitrogens with one attached hydrogen (secondary N) is 2. The zero-order chi connectivity index (χ0) is 20.9. The number of anilines is 1. The number of carbonyl (C=O) groups is 1. The first-order chi connectivity index (χ1) is 12.9. The topological polar surface area (TPSA) is 86.6 Å². The van der Waals surface area contributed by atoms with Gasteiger partial charge in [0.15, 0.2) is 0 Å². The van der Waals surface area contributed by atoms with Crippen LogP contribution < -0.4 is 10.9 Å². The number of hydrazine groups is 1. The Hall–Kier alpha value is -2.30. The van der Waals surface area contributed by atoms with Crippen LogP contribution in [0.3, 0.4) is 0 Å². The molecule has 0 aliphatic carbocycles. The number of carbonyl (C=O) groups excluding carboxylic acids is 1. The van der Waals surface area contributed by atoms with Crippen LogP contribution in [-0.2, 0) is 9.47 Å². The molecule has 1 unspecified atom stereocenters. The fourth-order valence-electron chi connectivity index (χ4n) is 2.02. The number of amides is 1. The Morgan fingerprint density at radius 3 is 2.33 bits per heavy atom. The zero-order valence-electron chi connectivity index (χ0n) is 17.6. The highest BCUT2D eigenvalue weighted by atomic mass is 16.6. The number of ether oxygens (including phenoxy) is 2. The van der Waals surface area contributed by atoms with E-state index in [9.17, 15) is 4.79 Å². The number of hydrogen-bond donors (Lipinski definition) is 2. The van der Waals surface area contributed by atoms with Crippen LogP contribution in [0.25, 0.3) is 0 Å². The second kappa shape index (κ2) is 13.0. The van der Waals surface area contributed by atoms with Crippen LogP contribution in [-0.4, -0.2) is 42.5 Å². The van der Waals surface area contributed by atoms with Gasteiger partial charge in [-0.1, -0.05) is 27.7 Å². The van der Waals surface area contributed by atoms with Gasteiger partial charge >= 0.3 is 6.09 Å². The van der Waals surface area contributed by atoms with Crippen LogP contribution >= 0.6 is 0 Å². The number of hydrogen-bond acceptors (Lipinski definition) is 6. The third kappa shape index (κ3) is 9.83. The standard InChI is InChI=1S/C16H22N4O3.2C2H6/c1-16(2,3)23-15(21)20-8-9-22-14(11-20)19-18-13-6-4-12(10-17)5-7-13;2*1-2/h4-7,14,18-19H,8-9,11H2,1-3H3;2*1-2H3. The minimum absolute atomic E-state index is 0.341. The lowest BCUT2D eigenvalue weighted by molar-refractivity contribution is -0.0515. The van der Waals surface area contributed by atoms with Crippen molar-refractivity contribution in [3.8, 4) is 6.07 Å². The maximum Gasteiger partial charge on any atom is 0.410 e. The number of rotatable bonds is 3. The van der Waals surface area contributed by atoms with Gasteiger partial charge in [0.1, 0.15) is 11.8 Å². The molecule has 1 amide bonds. The summed E-state index contributed by atoms with van der Waals surface area (Å²) in [5.41, 5.74) is 6.92. The average molecular weight is 379 g/mol. The summed E-state index contributed by atoms with van der Waals surface area (Å²) in [4.78, 5) is 13.7. The minimum atomic E-state index is -0.515. The Bertz CT molecular complexity index is 576. The van der Waals surface area contributed by atoms with Crippen molar-refractivity contribution in [3.05, 3.63) is 29.8 Å². The molecular formula is C20H34N4O3. The molecule has 0 spiro atoms. The van der Waals surface area contributed by atoms with Crippen molar-refractivity contribution in [2.75, 3.05) is 25.1 Å². The summed E-state index contributed by atoms with van der Waals surface area (Å²) in [5.74, 6) is 0. The summed E-state index contributed by atoms with van der Waals surface area (Å²) in [6.45, 7) is 14.8. The lowest BCUT2D eigenvalue weighted by Gasteiger charge is -2.34. The van der Waals surface area contributed by atoms with Gasteiger partial charge in [0.25, 0.3) is 0 Å². The van der Waals surface area contributed by atoms with Gasteiger partial charge in [0.2, 0.25) is 0 Å². The molecule has 152 valence electrons. The van der Waals surface area contributed by atoms with E-state index in [1.807, 2.05) is 48.5 Å². The third-order valence-corrected chi connectivity index (χ3v) is 3.11. The number of nitrogens with zero attached hydrogens (tertiary/aromatic N) is 2. The van der Waals surface area contributed by atoms with Crippen LogP contribution in [0.5, 0.6) is 0 Å². The highest BCUT2D eigenvalue weighted by Gasteiger charge is 2.27. The van der Waals surface area contributed by atoms with Crippen molar-refractivity contribution in [1.82, 2.24) is 10.3 Å². The van der Waals surface area contributed by atoms with Gasteiger partial charge in [-0.15, -0.1) is 0 Å². The van der Waals surface area contributed by atoms with Crippen LogP contribution in [0.1, 0.15) is 54.0 Å². The highest BCUT2D eigenvalue weighted by molar-refractivity contribution is 5.68. The van der Waals surface area contributed by atoms with Crippen LogP contribution in [0.2, 0.25) is 0 Å². The molecule has 1 aromatic carbocycles. The van der Waals surface area contributed by atoms with E-state index >= 15 is 0 Å². The quantitative estimate of drug-likeness (QED) is 0.770. The monoisotopic (exact) mass is 378 g/mol. The molecule has 0 bridgehead atoms. The van der Waals surface area contributed by atoms with E-state index in [2.05, 4.69) is 16.9 Å². The van der Waals surface area contributed by atoms with Crippen LogP contribution in [0, 0.1) is 11.3 Å². The van der Waals surface area contributed by atoms with E-state index < -0.39 is 5.60 Å². The van der Waals surface area contributed by atoms with Crippen molar-refractivity contribution in [3.63, 3.8) is 0 Å². The van der Waals surface area contributed by atoms with Crippen molar-refractivity contribution in [1.29, 1.82) is 5.26 Å². The summed E-state index contributed by atoms with van der Waals surface area (Å²) in [5, 5.41) is 8.77. The Kier molecular flexibility index (Phi) is 11.9. The molecule has 2 rings (SSSR count). The normalized spacial score (nSPS) is 15.9. The zero-order valence-corrected chi connectivity index (χ0v) is 17.6. The number of benzene rings is 1. The first-order valence-corrected chi connectivity index (χ1v) is 9.48. The van der Waals surface area contributed by atoms with E-state index in [0.717, 1.165) is 5.69 Å². The Morgan fingerprint density at radius 2 is 1.81 bits per heavy atom. The summed E-state index contributed by atoms with van der Waals surface area (Å²) in [7, 11) is 0. The smallest absolute Gasteiger partial charge is 0.410 e. The molecule has 0 saturated carbocycles.